The van der Waals surface area contributed by atoms with E-state index in [0.717, 1.165) is 74.1 Å². The molecule has 1 aromatic carbocycles. The Morgan fingerprint density at radius 2 is 1.83 bits per heavy atom. The number of rotatable bonds is 11. The molecule has 0 spiro atoms. The van der Waals surface area contributed by atoms with Crippen molar-refractivity contribution in [3.05, 3.63) is 51.2 Å². The van der Waals surface area contributed by atoms with Crippen LogP contribution in [0.5, 0.6) is 0 Å². The van der Waals surface area contributed by atoms with Crippen molar-refractivity contribution < 1.29 is 27.1 Å². The van der Waals surface area contributed by atoms with Gasteiger partial charge in [0.2, 0.25) is 5.95 Å². The summed E-state index contributed by atoms with van der Waals surface area (Å²) in [4.78, 5) is 35.5. The van der Waals surface area contributed by atoms with Crippen molar-refractivity contribution in [1.82, 2.24) is 24.8 Å². The first kappa shape index (κ1) is 34.0. The SMILES string of the molecule is CCOC(=O)CCN1CCN(c2cc(Cc3nc(-c4cc(F)cc(C(F)(F)F)c4)c(CN4CCC[C@H]4C)s3)nc(N(C)C)n2)CC1. The molecule has 3 aromatic rings. The number of halogens is 4. The van der Waals surface area contributed by atoms with Gasteiger partial charge in [-0.1, -0.05) is 0 Å². The highest BCUT2D eigenvalue weighted by atomic mass is 32.1. The lowest BCUT2D eigenvalue weighted by atomic mass is 10.1. The minimum Gasteiger partial charge on any atom is -0.466 e. The van der Waals surface area contributed by atoms with Crippen LogP contribution < -0.4 is 9.80 Å². The predicted molar refractivity (Wildman–Crippen MR) is 171 cm³/mol. The zero-order chi connectivity index (χ0) is 33.0. The summed E-state index contributed by atoms with van der Waals surface area (Å²) in [5, 5.41) is 0.688. The number of hydrogen-bond acceptors (Lipinski definition) is 10. The van der Waals surface area contributed by atoms with Crippen molar-refractivity contribution in [3.63, 3.8) is 0 Å². The zero-order valence-electron chi connectivity index (χ0n) is 26.7. The molecule has 0 bridgehead atoms. The number of piperazine rings is 1. The number of alkyl halides is 3. The molecule has 14 heteroatoms. The molecule has 4 heterocycles. The number of benzene rings is 1. The summed E-state index contributed by atoms with van der Waals surface area (Å²) in [7, 11) is 3.74. The lowest BCUT2D eigenvalue weighted by molar-refractivity contribution is -0.143. The Bertz CT molecular complexity index is 1510. The van der Waals surface area contributed by atoms with Crippen LogP contribution in [-0.2, 0) is 28.7 Å². The third-order valence-electron chi connectivity index (χ3n) is 8.40. The lowest BCUT2D eigenvalue weighted by Gasteiger charge is -2.35. The van der Waals surface area contributed by atoms with E-state index in [0.29, 0.717) is 61.3 Å². The van der Waals surface area contributed by atoms with E-state index in [1.54, 1.807) is 6.92 Å². The van der Waals surface area contributed by atoms with Crippen LogP contribution in [-0.4, -0.2) is 96.7 Å². The Morgan fingerprint density at radius 1 is 1.07 bits per heavy atom. The van der Waals surface area contributed by atoms with Crippen LogP contribution in [0.25, 0.3) is 11.3 Å². The monoisotopic (exact) mass is 663 g/mol. The van der Waals surface area contributed by atoms with Gasteiger partial charge in [0, 0.05) is 82.3 Å². The summed E-state index contributed by atoms with van der Waals surface area (Å²) in [6.45, 7) is 9.40. The highest BCUT2D eigenvalue weighted by molar-refractivity contribution is 7.12. The van der Waals surface area contributed by atoms with Gasteiger partial charge in [-0.2, -0.15) is 18.2 Å². The highest BCUT2D eigenvalue weighted by Crippen LogP contribution is 2.37. The molecule has 0 saturated carbocycles. The smallest absolute Gasteiger partial charge is 0.416 e. The molecule has 1 atom stereocenters. The first-order valence-corrected chi connectivity index (χ1v) is 16.5. The molecular weight excluding hydrogens is 622 g/mol. The molecule has 250 valence electrons. The lowest BCUT2D eigenvalue weighted by Crippen LogP contribution is -2.47. The summed E-state index contributed by atoms with van der Waals surface area (Å²) in [5.41, 5.74) is 0.199. The van der Waals surface area contributed by atoms with Crippen molar-refractivity contribution in [2.24, 2.45) is 0 Å². The molecule has 0 N–H and O–H groups in total. The summed E-state index contributed by atoms with van der Waals surface area (Å²) in [6.07, 6.45) is -1.86. The van der Waals surface area contributed by atoms with Crippen LogP contribution >= 0.6 is 11.3 Å². The van der Waals surface area contributed by atoms with Gasteiger partial charge >= 0.3 is 12.1 Å². The Balaban J connectivity index is 1.40. The van der Waals surface area contributed by atoms with E-state index in [1.165, 1.54) is 11.3 Å². The number of hydrogen-bond donors (Lipinski definition) is 0. The van der Waals surface area contributed by atoms with Gasteiger partial charge < -0.3 is 14.5 Å². The van der Waals surface area contributed by atoms with E-state index in [-0.39, 0.29) is 11.5 Å². The molecule has 2 aromatic heterocycles. The molecule has 2 saturated heterocycles. The molecule has 0 unspecified atom stereocenters. The molecule has 2 aliphatic heterocycles. The Morgan fingerprint density at radius 3 is 2.48 bits per heavy atom. The number of anilines is 2. The van der Waals surface area contributed by atoms with Crippen molar-refractivity contribution >= 4 is 29.1 Å². The van der Waals surface area contributed by atoms with Gasteiger partial charge in [-0.25, -0.2) is 14.4 Å². The number of esters is 1. The van der Waals surface area contributed by atoms with Gasteiger partial charge in [-0.05, 0) is 51.4 Å². The third kappa shape index (κ3) is 8.51. The minimum atomic E-state index is -4.67. The number of likely N-dealkylation sites (tertiary alicyclic amines) is 1. The summed E-state index contributed by atoms with van der Waals surface area (Å²) < 4.78 is 60.4. The van der Waals surface area contributed by atoms with Crippen LogP contribution in [0.3, 0.4) is 0 Å². The molecule has 2 aliphatic rings. The maximum Gasteiger partial charge on any atom is 0.416 e. The standard InChI is InChI=1S/C32H41F4N7O2S/c1-5-45-29(44)8-10-41-11-13-42(14-12-41)27-18-25(37-31(38-27)40(3)4)19-28-39-30(26(46-28)20-43-9-6-7-21(43)2)22-15-23(32(34,35)36)17-24(33)16-22/h15-18,21H,5-14,19-20H2,1-4H3/t21-/m1/s1. The highest BCUT2D eigenvalue weighted by Gasteiger charge is 2.32. The van der Waals surface area contributed by atoms with E-state index >= 15 is 0 Å². The van der Waals surface area contributed by atoms with Gasteiger partial charge in [-0.15, -0.1) is 11.3 Å². The summed E-state index contributed by atoms with van der Waals surface area (Å²) in [6, 6.07) is 4.91. The maximum atomic E-state index is 14.5. The fourth-order valence-electron chi connectivity index (χ4n) is 5.87. The number of carbonyl (C=O) groups excluding carboxylic acids is 1. The summed E-state index contributed by atoms with van der Waals surface area (Å²) in [5.74, 6) is 0.182. The Hall–Kier alpha value is -3.36. The second kappa shape index (κ2) is 14.6. The molecule has 0 aliphatic carbocycles. The number of ether oxygens (including phenoxy) is 1. The fourth-order valence-corrected chi connectivity index (χ4v) is 7.00. The van der Waals surface area contributed by atoms with Crippen LogP contribution in [0.4, 0.5) is 29.3 Å². The van der Waals surface area contributed by atoms with Crippen molar-refractivity contribution in [1.29, 1.82) is 0 Å². The average Bonchev–Trinajstić information content (AvgIpc) is 3.60. The molecular formula is C32H41F4N7O2S. The molecule has 0 amide bonds. The Labute approximate surface area is 271 Å². The third-order valence-corrected chi connectivity index (χ3v) is 9.44. The number of thiazole rings is 1. The predicted octanol–water partition coefficient (Wildman–Crippen LogP) is 5.47. The summed E-state index contributed by atoms with van der Waals surface area (Å²) >= 11 is 1.44. The van der Waals surface area contributed by atoms with E-state index in [4.69, 9.17) is 19.7 Å². The van der Waals surface area contributed by atoms with Crippen LogP contribution in [0, 0.1) is 5.82 Å². The van der Waals surface area contributed by atoms with E-state index in [9.17, 15) is 22.4 Å². The Kier molecular flexibility index (Phi) is 10.8. The first-order chi connectivity index (χ1) is 21.9. The molecule has 9 nitrogen and oxygen atoms in total. The maximum absolute atomic E-state index is 14.5. The molecule has 2 fully saturated rings. The zero-order valence-corrected chi connectivity index (χ0v) is 27.6. The fraction of sp³-hybridized carbons (Fsp3) is 0.562. The van der Waals surface area contributed by atoms with Gasteiger partial charge in [0.25, 0.3) is 0 Å². The number of carbonyl (C=O) groups is 1. The first-order valence-electron chi connectivity index (χ1n) is 15.7. The van der Waals surface area contributed by atoms with Gasteiger partial charge in [-0.3, -0.25) is 14.6 Å². The van der Waals surface area contributed by atoms with Crippen LogP contribution in [0.15, 0.2) is 24.3 Å². The topological polar surface area (TPSA) is 77.9 Å². The van der Waals surface area contributed by atoms with E-state index in [1.807, 2.05) is 25.1 Å². The van der Waals surface area contributed by atoms with Crippen molar-refractivity contribution in [2.75, 3.05) is 69.8 Å². The van der Waals surface area contributed by atoms with Crippen LogP contribution in [0.1, 0.15) is 54.3 Å². The van der Waals surface area contributed by atoms with E-state index < -0.39 is 17.6 Å². The van der Waals surface area contributed by atoms with Gasteiger partial charge in [0.1, 0.15) is 11.6 Å². The average molecular weight is 664 g/mol. The number of nitrogens with zero attached hydrogens (tertiary/aromatic N) is 7. The molecule has 0 radical (unpaired) electrons. The largest absolute Gasteiger partial charge is 0.466 e. The second-order valence-corrected chi connectivity index (χ2v) is 13.2. The number of aromatic nitrogens is 3. The normalized spacial score (nSPS) is 17.9. The van der Waals surface area contributed by atoms with E-state index in [2.05, 4.69) is 21.6 Å². The molecule has 5 rings (SSSR count). The molecule has 46 heavy (non-hydrogen) atoms. The second-order valence-electron chi connectivity index (χ2n) is 12.0. The minimum absolute atomic E-state index is 0.120. The van der Waals surface area contributed by atoms with Gasteiger partial charge in [0.05, 0.1) is 35.0 Å². The van der Waals surface area contributed by atoms with Crippen molar-refractivity contribution in [3.8, 4) is 11.3 Å². The van der Waals surface area contributed by atoms with Gasteiger partial charge in [0.15, 0.2) is 0 Å². The van der Waals surface area contributed by atoms with Crippen LogP contribution in [0.2, 0.25) is 0 Å². The quantitative estimate of drug-likeness (QED) is 0.196. The van der Waals surface area contributed by atoms with Crippen molar-refractivity contribution in [2.45, 2.75) is 58.3 Å².